The smallest absolute Gasteiger partial charge is 0.321 e. The molecule has 0 aliphatic heterocycles. The molecule has 1 unspecified atom stereocenters. The Morgan fingerprint density at radius 3 is 1.54 bits per heavy atom. The predicted octanol–water partition coefficient (Wildman–Crippen LogP) is 7.49. The van der Waals surface area contributed by atoms with Gasteiger partial charge in [0, 0.05) is 69.4 Å². The highest BCUT2D eigenvalue weighted by atomic mass is 31.2. The first kappa shape index (κ1) is 62.9. The van der Waals surface area contributed by atoms with E-state index in [4.69, 9.17) is 62.0 Å². The van der Waals surface area contributed by atoms with Gasteiger partial charge in [-0.3, -0.25) is 19.2 Å². The molecular weight excluding hydrogens is 940 g/mol. The summed E-state index contributed by atoms with van der Waals surface area (Å²) < 4.78 is 46.9. The second kappa shape index (κ2) is 39.3. The summed E-state index contributed by atoms with van der Waals surface area (Å²) in [5, 5.41) is 14.9. The number of amides is 2. The van der Waals surface area contributed by atoms with E-state index < -0.39 is 13.9 Å². The van der Waals surface area contributed by atoms with E-state index in [2.05, 4.69) is 66.8 Å². The minimum absolute atomic E-state index is 0.00226. The average molecular weight is 1020 g/mol. The van der Waals surface area contributed by atoms with E-state index >= 15 is 0 Å². The highest BCUT2D eigenvalue weighted by Crippen LogP contribution is 2.46. The van der Waals surface area contributed by atoms with Crippen LogP contribution in [-0.2, 0) is 47.3 Å². The number of nitriles is 1. The van der Waals surface area contributed by atoms with E-state index in [-0.39, 0.29) is 146 Å². The van der Waals surface area contributed by atoms with Crippen molar-refractivity contribution in [3.8, 4) is 60.0 Å². The summed E-state index contributed by atoms with van der Waals surface area (Å²) in [4.78, 5) is 54.4. The Morgan fingerprint density at radius 2 is 1.07 bits per heavy atom. The molecule has 0 aliphatic carbocycles. The van der Waals surface area contributed by atoms with Crippen molar-refractivity contribution in [3.63, 3.8) is 0 Å². The quantitative estimate of drug-likeness (QED) is 0.0287. The van der Waals surface area contributed by atoms with Crippen LogP contribution >= 0.6 is 8.53 Å². The van der Waals surface area contributed by atoms with E-state index in [0.29, 0.717) is 64.0 Å². The van der Waals surface area contributed by atoms with Crippen LogP contribution in [0.15, 0.2) is 48.5 Å². The van der Waals surface area contributed by atoms with Gasteiger partial charge in [-0.2, -0.15) is 5.26 Å². The molecule has 2 aromatic carbocycles. The number of terminal acetylenes is 3. The Bertz CT molecular complexity index is 1900. The summed E-state index contributed by atoms with van der Waals surface area (Å²) in [6, 6.07) is 17.3. The highest BCUT2D eigenvalue weighted by Gasteiger charge is 2.35. The molecule has 394 valence electrons. The molecule has 17 heteroatoms. The minimum Gasteiger partial charge on any atom is -0.436 e. The molecule has 0 fully saturated rings. The molecule has 0 radical (unpaired) electrons. The molecule has 0 heterocycles. The van der Waals surface area contributed by atoms with Crippen LogP contribution in [0.2, 0.25) is 0 Å². The zero-order valence-electron chi connectivity index (χ0n) is 42.9. The lowest BCUT2D eigenvalue weighted by molar-refractivity contribution is -0.122. The Labute approximate surface area is 430 Å². The van der Waals surface area contributed by atoms with E-state index in [0.717, 1.165) is 11.1 Å². The number of Topliss-reactive ketones (excluding diaryl/α,β-unsaturated/α-hetero) is 2. The molecule has 72 heavy (non-hydrogen) atoms. The maximum Gasteiger partial charge on any atom is 0.321 e. The van der Waals surface area contributed by atoms with Gasteiger partial charge in [-0.15, -0.1) is 19.3 Å². The third-order valence-electron chi connectivity index (χ3n) is 11.0. The van der Waals surface area contributed by atoms with E-state index in [1.165, 1.54) is 0 Å². The lowest BCUT2D eigenvalue weighted by atomic mass is 9.70. The van der Waals surface area contributed by atoms with Gasteiger partial charge < -0.3 is 48.1 Å². The number of nitrogens with one attached hydrogen (secondary N) is 2. The molecule has 16 nitrogen and oxygen atoms in total. The minimum atomic E-state index is -1.48. The van der Waals surface area contributed by atoms with Crippen molar-refractivity contribution in [1.82, 2.24) is 15.3 Å². The molecule has 0 aliphatic rings. The van der Waals surface area contributed by atoms with Crippen LogP contribution in [0.1, 0.15) is 102 Å². The molecule has 0 saturated heterocycles. The van der Waals surface area contributed by atoms with Gasteiger partial charge in [0.05, 0.1) is 72.0 Å². The number of ketones is 2. The number of carbonyl (C=O) groups excluding carboxylic acids is 4. The maximum atomic E-state index is 14.4. The number of rotatable bonds is 43. The van der Waals surface area contributed by atoms with Crippen LogP contribution in [0.5, 0.6) is 5.75 Å². The van der Waals surface area contributed by atoms with Gasteiger partial charge in [0.15, 0.2) is 5.78 Å². The van der Waals surface area contributed by atoms with Crippen molar-refractivity contribution in [2.75, 3.05) is 99.0 Å². The Balaban J connectivity index is 2.31. The zero-order valence-corrected chi connectivity index (χ0v) is 43.8. The van der Waals surface area contributed by atoms with Gasteiger partial charge in [0.2, 0.25) is 11.8 Å². The lowest BCUT2D eigenvalue weighted by Gasteiger charge is -2.35. The number of nitrogens with zero attached hydrogens (tertiary/aromatic N) is 2. The van der Waals surface area contributed by atoms with E-state index in [1.54, 1.807) is 12.1 Å². The Morgan fingerprint density at radius 1 is 0.611 bits per heavy atom. The first-order valence-corrected chi connectivity index (χ1v) is 25.8. The van der Waals surface area contributed by atoms with Crippen molar-refractivity contribution in [3.05, 3.63) is 54.1 Å². The van der Waals surface area contributed by atoms with Crippen molar-refractivity contribution in [2.45, 2.75) is 104 Å². The van der Waals surface area contributed by atoms with Crippen LogP contribution in [0.3, 0.4) is 0 Å². The normalized spacial score (nSPS) is 11.7. The van der Waals surface area contributed by atoms with Crippen molar-refractivity contribution >= 4 is 31.9 Å². The SMILES string of the molecule is C#CCOCCOCCCC(=O)CCC(CCC(=O)NCCOCCOCC#C)(CCC(=O)NCCOCCOCC#C)CC(=O)c1ccc(-c2ccc(OP(OCCC#N)N(C(C)C)C(C)C)cc2)cc1. The number of benzene rings is 2. The second-order valence-electron chi connectivity index (χ2n) is 17.3. The summed E-state index contributed by atoms with van der Waals surface area (Å²) in [6.45, 7) is 12.6. The topological polar surface area (TPSA) is 193 Å². The molecule has 0 aromatic heterocycles. The average Bonchev–Trinajstić information content (AvgIpc) is 3.36. The zero-order chi connectivity index (χ0) is 52.7. The first-order valence-electron chi connectivity index (χ1n) is 24.7. The third-order valence-corrected chi connectivity index (χ3v) is 13.1. The molecule has 2 aromatic rings. The molecule has 0 spiro atoms. The summed E-state index contributed by atoms with van der Waals surface area (Å²) in [5.41, 5.74) is 1.34. The lowest BCUT2D eigenvalue weighted by Crippen LogP contribution is -2.34. The highest BCUT2D eigenvalue weighted by molar-refractivity contribution is 7.45. The molecule has 1 atom stereocenters. The van der Waals surface area contributed by atoms with Crippen LogP contribution in [0.25, 0.3) is 11.1 Å². The van der Waals surface area contributed by atoms with Gasteiger partial charge >= 0.3 is 8.53 Å². The largest absolute Gasteiger partial charge is 0.436 e. The fourth-order valence-electron chi connectivity index (χ4n) is 7.43. The van der Waals surface area contributed by atoms with Crippen LogP contribution in [0.4, 0.5) is 0 Å². The van der Waals surface area contributed by atoms with Gasteiger partial charge in [-0.1, -0.05) is 54.2 Å². The predicted molar refractivity (Wildman–Crippen MR) is 278 cm³/mol. The standard InChI is InChI=1S/C55H77N4O12P/c1-8-31-64-38-41-67-34-11-13-50(60)22-25-55(26-23-53(62)57-29-36-68-42-39-65-32-9-2,27-24-54(63)58-30-37-69-43-40-66-33-10-3)44-52(61)49-16-14-47(15-17-49)48-18-20-51(21-19-48)71-72(70-35-12-28-56)59(45(4)5)46(6)7/h1-3,14-21,45-46H,11-13,22-27,29-44H2,4-7H3,(H,57,62)(H,58,63). The van der Waals surface area contributed by atoms with Crippen LogP contribution < -0.4 is 15.2 Å². The summed E-state index contributed by atoms with van der Waals surface area (Å²) in [5.74, 6) is 7.13. The summed E-state index contributed by atoms with van der Waals surface area (Å²) >= 11 is 0. The van der Waals surface area contributed by atoms with Crippen LogP contribution in [0, 0.1) is 53.8 Å². The summed E-state index contributed by atoms with van der Waals surface area (Å²) in [7, 11) is -1.48. The summed E-state index contributed by atoms with van der Waals surface area (Å²) in [6.07, 6.45) is 17.7. The van der Waals surface area contributed by atoms with E-state index in [9.17, 15) is 19.2 Å². The van der Waals surface area contributed by atoms with Crippen molar-refractivity contribution < 1.29 is 56.6 Å². The van der Waals surface area contributed by atoms with Gasteiger partial charge in [-0.25, -0.2) is 4.67 Å². The van der Waals surface area contributed by atoms with Gasteiger partial charge in [0.1, 0.15) is 31.4 Å². The fourth-order valence-corrected chi connectivity index (χ4v) is 9.01. The molecule has 2 amide bonds. The number of hydrogen-bond donors (Lipinski definition) is 2. The number of hydrogen-bond acceptors (Lipinski definition) is 14. The first-order chi connectivity index (χ1) is 34.9. The maximum absolute atomic E-state index is 14.4. The molecule has 2 N–H and O–H groups in total. The van der Waals surface area contributed by atoms with Crippen molar-refractivity contribution in [1.29, 1.82) is 5.26 Å². The Kier molecular flexibility index (Phi) is 34.4. The molecule has 2 rings (SSSR count). The Hall–Kier alpha value is -5.20. The van der Waals surface area contributed by atoms with Crippen molar-refractivity contribution in [2.24, 2.45) is 5.41 Å². The number of carbonyl (C=O) groups is 4. The van der Waals surface area contributed by atoms with Gasteiger partial charge in [-0.05, 0) is 82.1 Å². The fraction of sp³-hybridized carbons (Fsp3) is 0.582. The molecule has 0 saturated carbocycles. The third kappa shape index (κ3) is 28.1. The van der Waals surface area contributed by atoms with Crippen LogP contribution in [-0.4, -0.2) is 139 Å². The second-order valence-corrected chi connectivity index (χ2v) is 18.7. The molecular formula is C55H77N4O12P. The van der Waals surface area contributed by atoms with E-state index in [1.807, 2.05) is 36.4 Å². The monoisotopic (exact) mass is 1020 g/mol. The molecule has 0 bridgehead atoms. The van der Waals surface area contributed by atoms with Gasteiger partial charge in [0.25, 0.3) is 0 Å². The number of ether oxygens (including phenoxy) is 6.